The number of nitrogens with zero attached hydrogens (tertiary/aromatic N) is 5. The molecule has 3 rings (SSSR count). The molecule has 24 heavy (non-hydrogen) atoms. The van der Waals surface area contributed by atoms with Crippen molar-refractivity contribution in [3.05, 3.63) is 59.3 Å². The van der Waals surface area contributed by atoms with Crippen LogP contribution in [0.1, 0.15) is 22.5 Å². The summed E-state index contributed by atoms with van der Waals surface area (Å²) in [5.74, 6) is 0.681. The van der Waals surface area contributed by atoms with E-state index in [4.69, 9.17) is 0 Å². The van der Waals surface area contributed by atoms with Crippen LogP contribution in [0.3, 0.4) is 0 Å². The van der Waals surface area contributed by atoms with Gasteiger partial charge in [-0.05, 0) is 26.0 Å². The van der Waals surface area contributed by atoms with E-state index in [1.807, 2.05) is 45.3 Å². The number of nitrogens with one attached hydrogen (secondary N) is 1. The SMILES string of the molecule is Cc1nn(C)c(C)c1CC(=O)NCc1cccnc1-n1cccn1. The van der Waals surface area contributed by atoms with E-state index < -0.39 is 0 Å². The van der Waals surface area contributed by atoms with Crippen LogP contribution < -0.4 is 5.32 Å². The summed E-state index contributed by atoms with van der Waals surface area (Å²) >= 11 is 0. The van der Waals surface area contributed by atoms with E-state index in [1.165, 1.54) is 0 Å². The number of hydrogen-bond acceptors (Lipinski definition) is 4. The molecule has 0 aliphatic carbocycles. The Morgan fingerprint density at radius 1 is 1.25 bits per heavy atom. The zero-order chi connectivity index (χ0) is 17.1. The first kappa shape index (κ1) is 15.9. The molecule has 7 heteroatoms. The monoisotopic (exact) mass is 324 g/mol. The molecule has 3 aromatic rings. The molecule has 0 unspecified atom stereocenters. The average molecular weight is 324 g/mol. The van der Waals surface area contributed by atoms with E-state index in [0.717, 1.165) is 28.3 Å². The Kier molecular flexibility index (Phi) is 4.41. The number of aromatic nitrogens is 5. The smallest absolute Gasteiger partial charge is 0.224 e. The van der Waals surface area contributed by atoms with Crippen LogP contribution in [0, 0.1) is 13.8 Å². The summed E-state index contributed by atoms with van der Waals surface area (Å²) in [6, 6.07) is 5.62. The predicted molar refractivity (Wildman–Crippen MR) is 89.6 cm³/mol. The molecule has 0 bridgehead atoms. The van der Waals surface area contributed by atoms with Gasteiger partial charge in [-0.25, -0.2) is 9.67 Å². The second-order valence-electron chi connectivity index (χ2n) is 5.66. The molecule has 0 saturated carbocycles. The summed E-state index contributed by atoms with van der Waals surface area (Å²) in [6.07, 6.45) is 5.56. The van der Waals surface area contributed by atoms with E-state index in [0.29, 0.717) is 13.0 Å². The fraction of sp³-hybridized carbons (Fsp3) is 0.294. The van der Waals surface area contributed by atoms with E-state index in [-0.39, 0.29) is 5.91 Å². The molecule has 3 heterocycles. The molecule has 0 aromatic carbocycles. The number of carbonyl (C=O) groups is 1. The Labute approximate surface area is 140 Å². The van der Waals surface area contributed by atoms with Gasteiger partial charge in [0, 0.05) is 49.0 Å². The van der Waals surface area contributed by atoms with Crippen LogP contribution in [0.5, 0.6) is 0 Å². The van der Waals surface area contributed by atoms with Crippen LogP contribution in [0.4, 0.5) is 0 Å². The molecular weight excluding hydrogens is 304 g/mol. The number of aryl methyl sites for hydroxylation is 2. The van der Waals surface area contributed by atoms with E-state index in [2.05, 4.69) is 20.5 Å². The van der Waals surface area contributed by atoms with Crippen molar-refractivity contribution in [1.29, 1.82) is 0 Å². The highest BCUT2D eigenvalue weighted by atomic mass is 16.1. The van der Waals surface area contributed by atoms with Crippen LogP contribution in [0.25, 0.3) is 5.82 Å². The first-order valence-electron chi connectivity index (χ1n) is 7.76. The van der Waals surface area contributed by atoms with Gasteiger partial charge in [-0.1, -0.05) is 6.07 Å². The Bertz CT molecular complexity index is 850. The van der Waals surface area contributed by atoms with Crippen LogP contribution >= 0.6 is 0 Å². The maximum Gasteiger partial charge on any atom is 0.224 e. The van der Waals surface area contributed by atoms with Crippen LogP contribution in [-0.2, 0) is 24.8 Å². The van der Waals surface area contributed by atoms with Crippen molar-refractivity contribution in [3.8, 4) is 5.82 Å². The van der Waals surface area contributed by atoms with Crippen molar-refractivity contribution in [2.45, 2.75) is 26.8 Å². The van der Waals surface area contributed by atoms with E-state index in [1.54, 1.807) is 21.8 Å². The molecule has 3 aromatic heterocycles. The molecular formula is C17H20N6O. The third-order valence-electron chi connectivity index (χ3n) is 4.06. The second kappa shape index (κ2) is 6.66. The van der Waals surface area contributed by atoms with Crippen LogP contribution in [0.15, 0.2) is 36.8 Å². The fourth-order valence-corrected chi connectivity index (χ4v) is 2.66. The average Bonchev–Trinajstić information content (AvgIpc) is 3.18. The highest BCUT2D eigenvalue weighted by molar-refractivity contribution is 5.79. The highest BCUT2D eigenvalue weighted by Gasteiger charge is 2.14. The van der Waals surface area contributed by atoms with Gasteiger partial charge in [0.1, 0.15) is 0 Å². The zero-order valence-electron chi connectivity index (χ0n) is 14.0. The van der Waals surface area contributed by atoms with Crippen molar-refractivity contribution >= 4 is 5.91 Å². The molecule has 0 atom stereocenters. The van der Waals surface area contributed by atoms with Crippen molar-refractivity contribution in [2.24, 2.45) is 7.05 Å². The van der Waals surface area contributed by atoms with Gasteiger partial charge in [0.05, 0.1) is 12.1 Å². The lowest BCUT2D eigenvalue weighted by molar-refractivity contribution is -0.120. The number of carbonyl (C=O) groups excluding carboxylic acids is 1. The van der Waals surface area contributed by atoms with Gasteiger partial charge in [0.15, 0.2) is 5.82 Å². The molecule has 1 N–H and O–H groups in total. The minimum absolute atomic E-state index is 0.0375. The quantitative estimate of drug-likeness (QED) is 0.771. The Morgan fingerprint density at radius 3 is 2.75 bits per heavy atom. The lowest BCUT2D eigenvalue weighted by atomic mass is 10.1. The molecule has 0 spiro atoms. The minimum Gasteiger partial charge on any atom is -0.352 e. The maximum absolute atomic E-state index is 12.3. The Morgan fingerprint density at radius 2 is 2.08 bits per heavy atom. The molecule has 0 fully saturated rings. The third-order valence-corrected chi connectivity index (χ3v) is 4.06. The summed E-state index contributed by atoms with van der Waals surface area (Å²) in [7, 11) is 1.88. The predicted octanol–water partition coefficient (Wildman–Crippen LogP) is 1.48. The van der Waals surface area contributed by atoms with Crippen molar-refractivity contribution in [1.82, 2.24) is 29.9 Å². The lowest BCUT2D eigenvalue weighted by Crippen LogP contribution is -2.25. The van der Waals surface area contributed by atoms with Crippen LogP contribution in [0.2, 0.25) is 0 Å². The van der Waals surface area contributed by atoms with Crippen LogP contribution in [-0.4, -0.2) is 30.5 Å². The van der Waals surface area contributed by atoms with Gasteiger partial charge < -0.3 is 5.32 Å². The molecule has 1 amide bonds. The standard InChI is InChI=1S/C17H20N6O/c1-12-15(13(2)22(3)21-12)10-16(24)19-11-14-6-4-7-18-17(14)23-9-5-8-20-23/h4-9H,10-11H2,1-3H3,(H,19,24). The molecule has 0 radical (unpaired) electrons. The van der Waals surface area contributed by atoms with Crippen molar-refractivity contribution in [2.75, 3.05) is 0 Å². The minimum atomic E-state index is -0.0375. The fourth-order valence-electron chi connectivity index (χ4n) is 2.66. The largest absolute Gasteiger partial charge is 0.352 e. The number of rotatable bonds is 5. The lowest BCUT2D eigenvalue weighted by Gasteiger charge is -2.10. The molecule has 7 nitrogen and oxygen atoms in total. The third kappa shape index (κ3) is 3.19. The molecule has 0 saturated heterocycles. The summed E-state index contributed by atoms with van der Waals surface area (Å²) in [5, 5.41) is 11.5. The van der Waals surface area contributed by atoms with Gasteiger partial charge in [-0.15, -0.1) is 0 Å². The first-order chi connectivity index (χ1) is 11.6. The first-order valence-corrected chi connectivity index (χ1v) is 7.76. The number of pyridine rings is 1. The summed E-state index contributed by atoms with van der Waals surface area (Å²) < 4.78 is 3.49. The highest BCUT2D eigenvalue weighted by Crippen LogP contribution is 2.13. The second-order valence-corrected chi connectivity index (χ2v) is 5.66. The summed E-state index contributed by atoms with van der Waals surface area (Å²) in [4.78, 5) is 16.7. The van der Waals surface area contributed by atoms with Gasteiger partial charge in [-0.2, -0.15) is 10.2 Å². The van der Waals surface area contributed by atoms with Gasteiger partial charge >= 0.3 is 0 Å². The number of amides is 1. The van der Waals surface area contributed by atoms with Gasteiger partial charge in [0.25, 0.3) is 0 Å². The van der Waals surface area contributed by atoms with Crippen molar-refractivity contribution in [3.63, 3.8) is 0 Å². The summed E-state index contributed by atoms with van der Waals surface area (Å²) in [6.45, 7) is 4.30. The Balaban J connectivity index is 1.69. The zero-order valence-corrected chi connectivity index (χ0v) is 14.0. The van der Waals surface area contributed by atoms with Gasteiger partial charge in [0.2, 0.25) is 5.91 Å². The normalized spacial score (nSPS) is 10.8. The molecule has 0 aliphatic rings. The van der Waals surface area contributed by atoms with E-state index >= 15 is 0 Å². The molecule has 124 valence electrons. The van der Waals surface area contributed by atoms with Crippen molar-refractivity contribution < 1.29 is 4.79 Å². The maximum atomic E-state index is 12.3. The van der Waals surface area contributed by atoms with E-state index in [9.17, 15) is 4.79 Å². The topological polar surface area (TPSA) is 77.6 Å². The number of hydrogen-bond donors (Lipinski definition) is 1. The van der Waals surface area contributed by atoms with Gasteiger partial charge in [-0.3, -0.25) is 9.48 Å². The Hall–Kier alpha value is -2.96. The molecule has 0 aliphatic heterocycles. The summed E-state index contributed by atoms with van der Waals surface area (Å²) in [5.41, 5.74) is 3.80.